The van der Waals surface area contributed by atoms with E-state index in [2.05, 4.69) is 10.2 Å². The number of hydrogen-bond acceptors (Lipinski definition) is 24. The highest BCUT2D eigenvalue weighted by Crippen LogP contribution is 2.38. The summed E-state index contributed by atoms with van der Waals surface area (Å²) in [5.74, 6) is 0.938. The quantitative estimate of drug-likeness (QED) is 0.0555. The molecule has 0 saturated carbocycles. The Morgan fingerprint density at radius 1 is 0.557 bits per heavy atom. The molecule has 28 nitrogen and oxygen atoms in total. The standard InChI is InChI=1S/C28H36N2O9S.C22H29NO5S.C11H13NO7.C6H10O3/c1-18(2)14-30(40(33,34)20-8-9-24-25(13-20)38-17-37-24)15-23(31)22(12-19-6-4-3-5-7-19)29-28(32)39-26-16-36-27-21(26)10-11-35-27;1-16(2)13-23(14-20(24)17(3)11-18-7-5-4-6-8-18)29(25,26)19-9-10-21-22(12-19)28-15-27-21;13-8-1-2-9(14)12(8)19-11(15)18-7-5-17-10-6(7)3-4-16-10;7-5-3-9-6-4(5)1-2-8-6/h3-9,13,18,21-23,26-27,31H,10-12,14-17H2,1-2H3,(H,29,32);4-10,12,16-17,20,24H,11,13-15H2,1-3H3;6-7,10H,1-5H2;4-7H,1-3H2. The van der Waals surface area contributed by atoms with Gasteiger partial charge in [-0.05, 0) is 85.3 Å². The number of amides is 3. The van der Waals surface area contributed by atoms with Crippen LogP contribution in [0.3, 0.4) is 0 Å². The number of rotatable bonds is 22. The minimum absolute atomic E-state index is 0.0162. The molecule has 9 aliphatic rings. The van der Waals surface area contributed by atoms with E-state index in [9.17, 15) is 51.3 Å². The third kappa shape index (κ3) is 19.0. The summed E-state index contributed by atoms with van der Waals surface area (Å²) in [7, 11) is -7.79. The number of benzene rings is 4. The predicted molar refractivity (Wildman–Crippen MR) is 341 cm³/mol. The zero-order valence-corrected chi connectivity index (χ0v) is 56.5. The van der Waals surface area contributed by atoms with Gasteiger partial charge in [0.15, 0.2) is 41.9 Å². The monoisotopic (exact) mass is 1400 g/mol. The van der Waals surface area contributed by atoms with Gasteiger partial charge in [0.25, 0.3) is 11.8 Å². The van der Waals surface area contributed by atoms with Gasteiger partial charge >= 0.3 is 12.2 Å². The molecule has 9 aliphatic heterocycles. The molecule has 0 aromatic heterocycles. The van der Waals surface area contributed by atoms with Gasteiger partial charge in [-0.1, -0.05) is 100 Å². The Hall–Kier alpha value is -6.78. The lowest BCUT2D eigenvalue weighted by Crippen LogP contribution is -2.51. The summed E-state index contributed by atoms with van der Waals surface area (Å²) in [4.78, 5) is 51.9. The fraction of sp³-hybridized carbons (Fsp3) is 0.582. The Kier molecular flexibility index (Phi) is 25.1. The number of sulfonamides is 2. The number of carbonyl (C=O) groups excluding carboxylic acids is 4. The molecular formula is C67H88N4O24S2. The van der Waals surface area contributed by atoms with E-state index in [0.717, 1.165) is 37.0 Å². The number of ether oxygens (including phenoxy) is 12. The van der Waals surface area contributed by atoms with E-state index in [1.807, 2.05) is 95.3 Å². The van der Waals surface area contributed by atoms with Crippen LogP contribution in [0.2, 0.25) is 0 Å². The van der Waals surface area contributed by atoms with Gasteiger partial charge in [0.2, 0.25) is 33.6 Å². The fourth-order valence-corrected chi connectivity index (χ4v) is 15.7. The highest BCUT2D eigenvalue weighted by molar-refractivity contribution is 7.89. The molecule has 0 spiro atoms. The summed E-state index contributed by atoms with van der Waals surface area (Å²) in [6.45, 7) is 12.8. The number of fused-ring (bicyclic) bond motifs is 5. The van der Waals surface area contributed by atoms with Gasteiger partial charge < -0.3 is 77.5 Å². The van der Waals surface area contributed by atoms with E-state index in [0.29, 0.717) is 60.8 Å². The van der Waals surface area contributed by atoms with Crippen LogP contribution in [0.25, 0.3) is 0 Å². The van der Waals surface area contributed by atoms with Gasteiger partial charge in [0.05, 0.1) is 85.6 Å². The van der Waals surface area contributed by atoms with E-state index >= 15 is 0 Å². The van der Waals surface area contributed by atoms with Crippen molar-refractivity contribution in [1.82, 2.24) is 19.0 Å². The zero-order chi connectivity index (χ0) is 69.0. The summed E-state index contributed by atoms with van der Waals surface area (Å²) in [6.07, 6.45) is -2.30. The average Bonchev–Trinajstić information content (AvgIpc) is 1.24. The second-order valence-corrected chi connectivity index (χ2v) is 29.7. The Morgan fingerprint density at radius 2 is 1.00 bits per heavy atom. The first-order valence-corrected chi connectivity index (χ1v) is 35.7. The van der Waals surface area contributed by atoms with E-state index in [-0.39, 0.29) is 136 Å². The van der Waals surface area contributed by atoms with Crippen molar-refractivity contribution in [3.63, 3.8) is 0 Å². The smallest absolute Gasteiger partial charge is 0.454 e. The Balaban J connectivity index is 0.000000155. The number of nitrogens with zero attached hydrogens (tertiary/aromatic N) is 3. The Bertz CT molecular complexity index is 3500. The molecule has 532 valence electrons. The second kappa shape index (κ2) is 33.4. The summed E-state index contributed by atoms with van der Waals surface area (Å²) in [5.41, 5.74) is 1.99. The number of hydroxylamine groups is 2. The number of aliphatic hydroxyl groups excluding tert-OH is 3. The molecule has 4 aromatic carbocycles. The highest BCUT2D eigenvalue weighted by Gasteiger charge is 2.47. The molecule has 13 rings (SSSR count). The van der Waals surface area contributed by atoms with Crippen LogP contribution < -0.4 is 24.3 Å². The molecule has 13 atom stereocenters. The largest absolute Gasteiger partial charge is 0.534 e. The lowest BCUT2D eigenvalue weighted by Gasteiger charge is -2.31. The normalized spacial score (nSPS) is 25.5. The maximum absolute atomic E-state index is 13.7. The van der Waals surface area contributed by atoms with Crippen LogP contribution >= 0.6 is 0 Å². The first-order chi connectivity index (χ1) is 46.5. The summed E-state index contributed by atoms with van der Waals surface area (Å²) in [6, 6.07) is 27.5. The van der Waals surface area contributed by atoms with Crippen molar-refractivity contribution in [2.45, 2.75) is 145 Å². The third-order valence-corrected chi connectivity index (χ3v) is 21.3. The van der Waals surface area contributed by atoms with Crippen LogP contribution in [-0.2, 0) is 85.2 Å². The number of hydrogen-bond donors (Lipinski definition) is 4. The van der Waals surface area contributed by atoms with E-state index in [1.54, 1.807) is 12.1 Å². The van der Waals surface area contributed by atoms with Gasteiger partial charge in [0, 0.05) is 57.1 Å². The topological polar surface area (TPSA) is 339 Å². The number of nitrogens with one attached hydrogen (secondary N) is 1. The number of imide groups is 1. The predicted octanol–water partition coefficient (Wildman–Crippen LogP) is 5.53. The first kappa shape index (κ1) is 73.0. The summed E-state index contributed by atoms with van der Waals surface area (Å²) >= 11 is 0. The van der Waals surface area contributed by atoms with Crippen molar-refractivity contribution in [2.24, 2.45) is 35.5 Å². The molecule has 97 heavy (non-hydrogen) atoms. The van der Waals surface area contributed by atoms with Crippen LogP contribution in [0.4, 0.5) is 9.59 Å². The zero-order valence-electron chi connectivity index (χ0n) is 54.9. The van der Waals surface area contributed by atoms with Crippen molar-refractivity contribution >= 4 is 44.1 Å². The van der Waals surface area contributed by atoms with Gasteiger partial charge in [0.1, 0.15) is 12.2 Å². The first-order valence-electron chi connectivity index (χ1n) is 32.8. The van der Waals surface area contributed by atoms with Gasteiger partial charge in [-0.3, -0.25) is 14.4 Å². The van der Waals surface area contributed by atoms with Crippen LogP contribution in [-0.4, -0.2) is 205 Å². The average molecular weight is 1400 g/mol. The molecule has 9 heterocycles. The molecule has 7 saturated heterocycles. The van der Waals surface area contributed by atoms with Crippen LogP contribution in [0.5, 0.6) is 23.0 Å². The van der Waals surface area contributed by atoms with Crippen molar-refractivity contribution in [3.8, 4) is 23.0 Å². The minimum Gasteiger partial charge on any atom is -0.454 e. The molecule has 3 amide bonds. The number of aliphatic hydroxyl groups is 3. The lowest BCUT2D eigenvalue weighted by atomic mass is 9.96. The van der Waals surface area contributed by atoms with Crippen molar-refractivity contribution in [2.75, 3.05) is 79.4 Å². The van der Waals surface area contributed by atoms with Gasteiger partial charge in [-0.25, -0.2) is 26.4 Å². The number of carbonyl (C=O) groups is 4. The maximum atomic E-state index is 13.7. The lowest BCUT2D eigenvalue weighted by molar-refractivity contribution is -0.179. The summed E-state index contributed by atoms with van der Waals surface area (Å²) < 4.78 is 121. The van der Waals surface area contributed by atoms with Crippen molar-refractivity contribution in [1.29, 1.82) is 0 Å². The van der Waals surface area contributed by atoms with Crippen molar-refractivity contribution < 1.29 is 113 Å². The fourth-order valence-electron chi connectivity index (χ4n) is 12.5. The molecule has 13 unspecified atom stereocenters. The second-order valence-electron chi connectivity index (χ2n) is 25.9. The van der Waals surface area contributed by atoms with E-state index in [1.165, 1.54) is 32.9 Å². The third-order valence-electron chi connectivity index (χ3n) is 17.7. The molecule has 7 fully saturated rings. The SMILES string of the molecule is CC(C)CN(CC(O)C(C)Cc1ccccc1)S(=O)(=O)c1ccc2c(c1)OCO2.CC(C)CN(CC(O)C(Cc1ccccc1)NC(=O)OC1COC2OCCC12)S(=O)(=O)c1ccc2c(c1)OCO2.O=C(OC1COC2OCCC12)ON1C(=O)CCC1=O.OC1COC2OCCC12. The maximum Gasteiger partial charge on any atom is 0.534 e. The van der Waals surface area contributed by atoms with Crippen LogP contribution in [0.1, 0.15) is 77.8 Å². The molecule has 4 aromatic rings. The van der Waals surface area contributed by atoms with E-state index < -0.39 is 74.6 Å². The molecule has 0 aliphatic carbocycles. The highest BCUT2D eigenvalue weighted by atomic mass is 32.2. The Morgan fingerprint density at radius 3 is 1.49 bits per heavy atom. The minimum atomic E-state index is -4.01. The number of alkyl carbamates (subject to hydrolysis) is 1. The van der Waals surface area contributed by atoms with Gasteiger partial charge in [-0.2, -0.15) is 8.61 Å². The van der Waals surface area contributed by atoms with Crippen LogP contribution in [0.15, 0.2) is 107 Å². The van der Waals surface area contributed by atoms with Crippen LogP contribution in [0, 0.1) is 35.5 Å². The molecular weight excluding hydrogens is 1310 g/mol. The molecule has 30 heteroatoms. The molecule has 0 radical (unpaired) electrons. The van der Waals surface area contributed by atoms with Gasteiger partial charge in [-0.15, -0.1) is 0 Å². The van der Waals surface area contributed by atoms with E-state index in [4.69, 9.17) is 56.8 Å². The summed E-state index contributed by atoms with van der Waals surface area (Å²) in [5, 5.41) is 34.6. The molecule has 0 bridgehead atoms. The Labute approximate surface area is 564 Å². The van der Waals surface area contributed by atoms with Crippen molar-refractivity contribution in [3.05, 3.63) is 108 Å². The molecule has 4 N–H and O–H groups in total.